The fourth-order valence-electron chi connectivity index (χ4n) is 5.15. The number of carbonyl (C=O) groups is 2. The van der Waals surface area contributed by atoms with E-state index in [1.54, 1.807) is 6.20 Å². The summed E-state index contributed by atoms with van der Waals surface area (Å²) in [5, 5.41) is 5.75. The van der Waals surface area contributed by atoms with E-state index >= 15 is 0 Å². The van der Waals surface area contributed by atoms with E-state index in [2.05, 4.69) is 10.3 Å². The highest BCUT2D eigenvalue weighted by atomic mass is 32.1. The van der Waals surface area contributed by atoms with Gasteiger partial charge in [0.05, 0.1) is 13.1 Å². The summed E-state index contributed by atoms with van der Waals surface area (Å²) in [5.74, 6) is 0.175. The van der Waals surface area contributed by atoms with Crippen LogP contribution in [0.25, 0.3) is 0 Å². The van der Waals surface area contributed by atoms with Crippen molar-refractivity contribution in [2.24, 2.45) is 5.92 Å². The van der Waals surface area contributed by atoms with Gasteiger partial charge in [0, 0.05) is 36.0 Å². The molecule has 2 atom stereocenters. The van der Waals surface area contributed by atoms with Crippen LogP contribution in [0, 0.1) is 5.92 Å². The number of para-hydroxylation sites is 1. The number of benzene rings is 2. The van der Waals surface area contributed by atoms with Gasteiger partial charge in [0.2, 0.25) is 5.78 Å². The summed E-state index contributed by atoms with van der Waals surface area (Å²) in [6.45, 7) is 3.04. The van der Waals surface area contributed by atoms with Gasteiger partial charge in [0.1, 0.15) is 13.1 Å². The van der Waals surface area contributed by atoms with Crippen LogP contribution < -0.4 is 5.32 Å². The van der Waals surface area contributed by atoms with Crippen LogP contribution in [-0.4, -0.2) is 53.5 Å². The molecule has 0 saturated carbocycles. The Morgan fingerprint density at radius 1 is 1.06 bits per heavy atom. The van der Waals surface area contributed by atoms with Crippen molar-refractivity contribution in [2.75, 3.05) is 31.5 Å². The van der Waals surface area contributed by atoms with E-state index in [0.717, 1.165) is 37.2 Å². The van der Waals surface area contributed by atoms with Crippen molar-refractivity contribution < 1.29 is 18.8 Å². The van der Waals surface area contributed by atoms with E-state index in [1.807, 2.05) is 66.0 Å². The zero-order valence-electron chi connectivity index (χ0n) is 18.4. The standard InChI is InChI=1S/C26H28N3O3S/c30-22(25-27-13-16-33-25)17-29-14-11-19(12-15-29)23(18-29)32-26(31)24(20-7-3-1-4-8-20)28-21-9-5-2-6-10-21/h1-10,13,16,19,23-24,28H,11-12,14-15,17-18H2/q+1/t19?,23-,24?,29?/m0/s1. The fourth-order valence-corrected chi connectivity index (χ4v) is 5.72. The number of anilines is 1. The van der Waals surface area contributed by atoms with Gasteiger partial charge >= 0.3 is 5.97 Å². The quantitative estimate of drug-likeness (QED) is 0.307. The minimum absolute atomic E-state index is 0.0864. The molecule has 0 amide bonds. The summed E-state index contributed by atoms with van der Waals surface area (Å²) in [6.07, 6.45) is 3.46. The Bertz CT molecular complexity index is 1080. The number of rotatable bonds is 8. The second-order valence-corrected chi connectivity index (χ2v) is 9.95. The predicted octanol–water partition coefficient (Wildman–Crippen LogP) is 4.33. The number of quaternary nitrogens is 1. The minimum atomic E-state index is -0.588. The predicted molar refractivity (Wildman–Crippen MR) is 128 cm³/mol. The molecule has 7 heteroatoms. The van der Waals surface area contributed by atoms with Crippen molar-refractivity contribution in [1.82, 2.24) is 4.98 Å². The molecule has 6 rings (SSSR count). The van der Waals surface area contributed by atoms with Crippen molar-refractivity contribution in [2.45, 2.75) is 25.0 Å². The topological polar surface area (TPSA) is 68.3 Å². The van der Waals surface area contributed by atoms with Gasteiger partial charge in [0.25, 0.3) is 0 Å². The van der Waals surface area contributed by atoms with Gasteiger partial charge in [-0.25, -0.2) is 9.78 Å². The first kappa shape index (κ1) is 21.8. The minimum Gasteiger partial charge on any atom is -0.454 e. The molecule has 4 heterocycles. The number of thiazole rings is 1. The third-order valence-corrected chi connectivity index (χ3v) is 7.73. The van der Waals surface area contributed by atoms with Gasteiger partial charge in [-0.1, -0.05) is 48.5 Å². The number of nitrogens with one attached hydrogen (secondary N) is 1. The van der Waals surface area contributed by atoms with Crippen LogP contribution in [0.4, 0.5) is 5.69 Å². The van der Waals surface area contributed by atoms with Crippen molar-refractivity contribution in [1.29, 1.82) is 0 Å². The maximum Gasteiger partial charge on any atom is 0.333 e. The Morgan fingerprint density at radius 2 is 1.76 bits per heavy atom. The van der Waals surface area contributed by atoms with E-state index in [1.165, 1.54) is 11.3 Å². The number of hydrogen-bond donors (Lipinski definition) is 1. The molecule has 1 N–H and O–H groups in total. The lowest BCUT2D eigenvalue weighted by atomic mass is 9.83. The van der Waals surface area contributed by atoms with Crippen molar-refractivity contribution in [3.05, 3.63) is 82.8 Å². The molecule has 3 saturated heterocycles. The molecule has 3 aliphatic heterocycles. The van der Waals surface area contributed by atoms with Gasteiger partial charge in [-0.3, -0.25) is 4.79 Å². The molecule has 2 bridgehead atoms. The Balaban J connectivity index is 1.31. The van der Waals surface area contributed by atoms with Gasteiger partial charge in [-0.15, -0.1) is 11.3 Å². The lowest BCUT2D eigenvalue weighted by molar-refractivity contribution is -0.938. The number of ether oxygens (including phenoxy) is 1. The van der Waals surface area contributed by atoms with Crippen molar-refractivity contribution >= 4 is 28.8 Å². The van der Waals surface area contributed by atoms with Crippen molar-refractivity contribution in [3.8, 4) is 0 Å². The SMILES string of the molecule is O=C(C[N+]12CCC(CC1)[C@@H](OC(=O)C(Nc1ccccc1)c1ccccc1)C2)c1nccs1. The fraction of sp³-hybridized carbons (Fsp3) is 0.346. The highest BCUT2D eigenvalue weighted by Gasteiger charge is 2.49. The molecule has 3 fully saturated rings. The molecule has 3 aliphatic rings. The van der Waals surface area contributed by atoms with Crippen LogP contribution in [0.1, 0.15) is 34.2 Å². The van der Waals surface area contributed by atoms with Crippen LogP contribution in [0.3, 0.4) is 0 Å². The number of fused-ring (bicyclic) bond motifs is 3. The summed E-state index contributed by atoms with van der Waals surface area (Å²) in [6, 6.07) is 18.8. The maximum atomic E-state index is 13.4. The molecule has 6 nitrogen and oxygen atoms in total. The average molecular weight is 463 g/mol. The lowest BCUT2D eigenvalue weighted by Crippen LogP contribution is -2.65. The third kappa shape index (κ3) is 4.84. The van der Waals surface area contributed by atoms with Crippen LogP contribution in [0.15, 0.2) is 72.2 Å². The van der Waals surface area contributed by atoms with Crippen LogP contribution in [-0.2, 0) is 9.53 Å². The van der Waals surface area contributed by atoms with Crippen molar-refractivity contribution in [3.63, 3.8) is 0 Å². The van der Waals surface area contributed by atoms with Gasteiger partial charge in [-0.2, -0.15) is 0 Å². The number of ketones is 1. The zero-order chi connectivity index (χ0) is 22.7. The Kier molecular flexibility index (Phi) is 6.24. The number of piperidine rings is 3. The molecule has 0 aliphatic carbocycles. The average Bonchev–Trinajstić information content (AvgIpc) is 3.40. The monoisotopic (exact) mass is 462 g/mol. The Labute approximate surface area is 197 Å². The Morgan fingerprint density at radius 3 is 2.42 bits per heavy atom. The number of esters is 1. The normalized spacial score (nSPS) is 24.7. The third-order valence-electron chi connectivity index (χ3n) is 6.91. The largest absolute Gasteiger partial charge is 0.454 e. The molecule has 1 aromatic heterocycles. The zero-order valence-corrected chi connectivity index (χ0v) is 19.2. The van der Waals surface area contributed by atoms with Crippen LogP contribution in [0.5, 0.6) is 0 Å². The van der Waals surface area contributed by atoms with E-state index in [0.29, 0.717) is 28.5 Å². The molecule has 0 spiro atoms. The number of nitrogens with zero attached hydrogens (tertiary/aromatic N) is 2. The summed E-state index contributed by atoms with van der Waals surface area (Å²) in [4.78, 5) is 30.4. The first-order chi connectivity index (χ1) is 16.1. The summed E-state index contributed by atoms with van der Waals surface area (Å²) in [5.41, 5.74) is 1.74. The first-order valence-corrected chi connectivity index (χ1v) is 12.3. The molecule has 3 aromatic rings. The van der Waals surface area contributed by atoms with E-state index in [9.17, 15) is 9.59 Å². The molecule has 1 unspecified atom stereocenters. The van der Waals surface area contributed by atoms with E-state index < -0.39 is 6.04 Å². The highest BCUT2D eigenvalue weighted by molar-refractivity contribution is 7.11. The lowest BCUT2D eigenvalue weighted by Gasteiger charge is -2.51. The molecule has 2 aromatic carbocycles. The van der Waals surface area contributed by atoms with Crippen LogP contribution in [0.2, 0.25) is 0 Å². The van der Waals surface area contributed by atoms with Gasteiger partial charge in [0.15, 0.2) is 17.2 Å². The first-order valence-electron chi connectivity index (χ1n) is 11.5. The molecular formula is C26H28N3O3S+. The molecule has 33 heavy (non-hydrogen) atoms. The molecule has 0 radical (unpaired) electrons. The highest BCUT2D eigenvalue weighted by Crippen LogP contribution is 2.36. The number of aromatic nitrogens is 1. The van der Waals surface area contributed by atoms with E-state index in [4.69, 9.17) is 4.74 Å². The van der Waals surface area contributed by atoms with Gasteiger partial charge < -0.3 is 14.5 Å². The molecule has 170 valence electrons. The summed E-state index contributed by atoms with van der Waals surface area (Å²) in [7, 11) is 0. The maximum absolute atomic E-state index is 13.4. The van der Waals surface area contributed by atoms with Gasteiger partial charge in [-0.05, 0) is 17.7 Å². The summed E-state index contributed by atoms with van der Waals surface area (Å²) >= 11 is 1.39. The Hall–Kier alpha value is -3.03. The summed E-state index contributed by atoms with van der Waals surface area (Å²) < 4.78 is 6.86. The molecular weight excluding hydrogens is 434 g/mol. The van der Waals surface area contributed by atoms with Crippen LogP contribution >= 0.6 is 11.3 Å². The second-order valence-electron chi connectivity index (χ2n) is 9.06. The smallest absolute Gasteiger partial charge is 0.333 e. The second kappa shape index (κ2) is 9.45. The number of Topliss-reactive ketones (excluding diaryl/α,β-unsaturated/α-hetero) is 1. The van der Waals surface area contributed by atoms with E-state index in [-0.39, 0.29) is 17.9 Å². The number of hydrogen-bond acceptors (Lipinski definition) is 6. The number of carbonyl (C=O) groups excluding carboxylic acids is 2.